The molecule has 6 heteroatoms. The van der Waals surface area contributed by atoms with Gasteiger partial charge in [-0.25, -0.2) is 14.5 Å². The van der Waals surface area contributed by atoms with Crippen molar-refractivity contribution in [3.05, 3.63) is 47.3 Å². The second kappa shape index (κ2) is 6.31. The third kappa shape index (κ3) is 2.71. The van der Waals surface area contributed by atoms with Crippen molar-refractivity contribution in [1.82, 2.24) is 14.8 Å². The van der Waals surface area contributed by atoms with Gasteiger partial charge in [-0.2, -0.15) is 5.10 Å². The van der Waals surface area contributed by atoms with Crippen LogP contribution in [0.3, 0.4) is 0 Å². The van der Waals surface area contributed by atoms with Gasteiger partial charge in [-0.05, 0) is 51.1 Å². The summed E-state index contributed by atoms with van der Waals surface area (Å²) in [6.07, 6.45) is 0. The number of ether oxygens (including phenoxy) is 2. The quantitative estimate of drug-likeness (QED) is 0.689. The molecule has 0 atom stereocenters. The smallest absolute Gasteiger partial charge is 0.339 e. The molecule has 0 saturated heterocycles. The zero-order chi connectivity index (χ0) is 17.3. The third-order valence-electron chi connectivity index (χ3n) is 3.75. The number of aryl methyl sites for hydroxylation is 2. The molecule has 0 fully saturated rings. The van der Waals surface area contributed by atoms with Gasteiger partial charge < -0.3 is 9.47 Å². The van der Waals surface area contributed by atoms with Crippen molar-refractivity contribution in [3.63, 3.8) is 0 Å². The van der Waals surface area contributed by atoms with Crippen LogP contribution in [-0.4, -0.2) is 34.5 Å². The summed E-state index contributed by atoms with van der Waals surface area (Å²) in [5.41, 5.74) is 3.45. The average molecular weight is 325 g/mol. The number of carbonyl (C=O) groups excluding carboxylic acids is 1. The summed E-state index contributed by atoms with van der Waals surface area (Å²) in [6.45, 7) is 5.83. The number of nitrogens with zero attached hydrogens (tertiary/aromatic N) is 3. The van der Waals surface area contributed by atoms with E-state index in [0.29, 0.717) is 17.8 Å². The van der Waals surface area contributed by atoms with Crippen molar-refractivity contribution < 1.29 is 14.3 Å². The fourth-order valence-electron chi connectivity index (χ4n) is 2.69. The second-order valence-electron chi connectivity index (χ2n) is 5.43. The van der Waals surface area contributed by atoms with Crippen LogP contribution in [0.25, 0.3) is 16.7 Å². The predicted molar refractivity (Wildman–Crippen MR) is 90.8 cm³/mol. The van der Waals surface area contributed by atoms with Gasteiger partial charge in [0.15, 0.2) is 5.65 Å². The van der Waals surface area contributed by atoms with Crippen LogP contribution >= 0.6 is 0 Å². The van der Waals surface area contributed by atoms with Crippen LogP contribution in [-0.2, 0) is 4.74 Å². The summed E-state index contributed by atoms with van der Waals surface area (Å²) in [7, 11) is 1.62. The van der Waals surface area contributed by atoms with Crippen molar-refractivity contribution in [2.75, 3.05) is 13.7 Å². The summed E-state index contributed by atoms with van der Waals surface area (Å²) < 4.78 is 12.1. The molecular weight excluding hydrogens is 306 g/mol. The van der Waals surface area contributed by atoms with E-state index < -0.39 is 0 Å². The molecule has 0 spiro atoms. The topological polar surface area (TPSA) is 66.2 Å². The number of pyridine rings is 1. The fraction of sp³-hybridized carbons (Fsp3) is 0.278. The number of carbonyl (C=O) groups is 1. The molecule has 3 aromatic rings. The van der Waals surface area contributed by atoms with Crippen LogP contribution < -0.4 is 4.74 Å². The van der Waals surface area contributed by atoms with E-state index in [1.807, 2.05) is 38.1 Å². The lowest BCUT2D eigenvalue weighted by Crippen LogP contribution is -2.07. The van der Waals surface area contributed by atoms with Gasteiger partial charge in [-0.3, -0.25) is 0 Å². The summed E-state index contributed by atoms with van der Waals surface area (Å²) >= 11 is 0. The molecule has 0 radical (unpaired) electrons. The van der Waals surface area contributed by atoms with Gasteiger partial charge in [0.25, 0.3) is 0 Å². The molecule has 2 aromatic heterocycles. The monoisotopic (exact) mass is 325 g/mol. The maximum absolute atomic E-state index is 12.3. The van der Waals surface area contributed by atoms with Crippen LogP contribution in [0.1, 0.15) is 28.7 Å². The standard InChI is InChI=1S/C18H19N3O3/c1-5-24-18(22)15-10-11(2)19-17-16(15)12(3)20-21(17)13-6-8-14(23-4)9-7-13/h6-10H,5H2,1-4H3. The maximum atomic E-state index is 12.3. The molecule has 124 valence electrons. The number of esters is 1. The summed E-state index contributed by atoms with van der Waals surface area (Å²) in [5, 5.41) is 5.28. The Bertz CT molecular complexity index is 898. The predicted octanol–water partition coefficient (Wildman–Crippen LogP) is 3.22. The van der Waals surface area contributed by atoms with Gasteiger partial charge in [0.2, 0.25) is 0 Å². The Hall–Kier alpha value is -2.89. The average Bonchev–Trinajstić information content (AvgIpc) is 2.91. The first-order valence-electron chi connectivity index (χ1n) is 7.73. The number of hydrogen-bond acceptors (Lipinski definition) is 5. The molecule has 0 N–H and O–H groups in total. The highest BCUT2D eigenvalue weighted by molar-refractivity contribution is 6.04. The van der Waals surface area contributed by atoms with Gasteiger partial charge in [0.05, 0.1) is 36.0 Å². The van der Waals surface area contributed by atoms with Crippen LogP contribution in [0.5, 0.6) is 5.75 Å². The fourth-order valence-corrected chi connectivity index (χ4v) is 2.69. The van der Waals surface area contributed by atoms with E-state index in [0.717, 1.165) is 28.2 Å². The van der Waals surface area contributed by atoms with E-state index >= 15 is 0 Å². The first kappa shape index (κ1) is 16.0. The van der Waals surface area contributed by atoms with Crippen molar-refractivity contribution in [1.29, 1.82) is 0 Å². The van der Waals surface area contributed by atoms with Crippen molar-refractivity contribution in [2.45, 2.75) is 20.8 Å². The molecule has 3 rings (SSSR count). The highest BCUT2D eigenvalue weighted by Crippen LogP contribution is 2.26. The van der Waals surface area contributed by atoms with Gasteiger partial charge in [-0.15, -0.1) is 0 Å². The molecule has 2 heterocycles. The van der Waals surface area contributed by atoms with E-state index in [2.05, 4.69) is 10.1 Å². The van der Waals surface area contributed by atoms with E-state index in [1.165, 1.54) is 0 Å². The van der Waals surface area contributed by atoms with Gasteiger partial charge in [0.1, 0.15) is 5.75 Å². The molecule has 0 aliphatic carbocycles. The lowest BCUT2D eigenvalue weighted by molar-refractivity contribution is 0.0528. The Labute approximate surface area is 140 Å². The molecule has 0 saturated carbocycles. The van der Waals surface area contributed by atoms with Crippen molar-refractivity contribution >= 4 is 17.0 Å². The van der Waals surface area contributed by atoms with Crippen LogP contribution in [0.15, 0.2) is 30.3 Å². The zero-order valence-corrected chi connectivity index (χ0v) is 14.2. The van der Waals surface area contributed by atoms with Gasteiger partial charge in [0, 0.05) is 5.69 Å². The minimum absolute atomic E-state index is 0.327. The zero-order valence-electron chi connectivity index (χ0n) is 14.2. The van der Waals surface area contributed by atoms with Crippen molar-refractivity contribution in [2.24, 2.45) is 0 Å². The second-order valence-corrected chi connectivity index (χ2v) is 5.43. The largest absolute Gasteiger partial charge is 0.497 e. The lowest BCUT2D eigenvalue weighted by atomic mass is 10.1. The molecule has 6 nitrogen and oxygen atoms in total. The molecular formula is C18H19N3O3. The Balaban J connectivity index is 2.22. The first-order chi connectivity index (χ1) is 11.5. The molecule has 0 bridgehead atoms. The van der Waals surface area contributed by atoms with Gasteiger partial charge in [-0.1, -0.05) is 0 Å². The lowest BCUT2D eigenvalue weighted by Gasteiger charge is -2.07. The SMILES string of the molecule is CCOC(=O)c1cc(C)nc2c1c(C)nn2-c1ccc(OC)cc1. The van der Waals surface area contributed by atoms with Crippen molar-refractivity contribution in [3.8, 4) is 11.4 Å². The molecule has 0 aliphatic rings. The molecule has 1 aromatic carbocycles. The number of fused-ring (bicyclic) bond motifs is 1. The normalized spacial score (nSPS) is 10.8. The van der Waals surface area contributed by atoms with E-state index in [4.69, 9.17) is 9.47 Å². The Morgan fingerprint density at radius 2 is 1.92 bits per heavy atom. The minimum Gasteiger partial charge on any atom is -0.497 e. The number of rotatable bonds is 4. The van der Waals surface area contributed by atoms with Crippen LogP contribution in [0.4, 0.5) is 0 Å². The Kier molecular flexibility index (Phi) is 4.20. The molecule has 24 heavy (non-hydrogen) atoms. The number of hydrogen-bond donors (Lipinski definition) is 0. The van der Waals surface area contributed by atoms with E-state index in [9.17, 15) is 4.79 Å². The summed E-state index contributed by atoms with van der Waals surface area (Å²) in [5.74, 6) is 0.411. The summed E-state index contributed by atoms with van der Waals surface area (Å²) in [4.78, 5) is 16.9. The first-order valence-corrected chi connectivity index (χ1v) is 7.73. The van der Waals surface area contributed by atoms with E-state index in [1.54, 1.807) is 24.8 Å². The molecule has 0 aliphatic heterocycles. The Morgan fingerprint density at radius 3 is 2.54 bits per heavy atom. The molecule has 0 unspecified atom stereocenters. The number of aromatic nitrogens is 3. The minimum atomic E-state index is -0.356. The van der Waals surface area contributed by atoms with Crippen LogP contribution in [0, 0.1) is 13.8 Å². The van der Waals surface area contributed by atoms with Gasteiger partial charge >= 0.3 is 5.97 Å². The molecule has 0 amide bonds. The number of benzene rings is 1. The highest BCUT2D eigenvalue weighted by atomic mass is 16.5. The summed E-state index contributed by atoms with van der Waals surface area (Å²) in [6, 6.07) is 9.27. The van der Waals surface area contributed by atoms with E-state index in [-0.39, 0.29) is 5.97 Å². The highest BCUT2D eigenvalue weighted by Gasteiger charge is 2.20. The Morgan fingerprint density at radius 1 is 1.21 bits per heavy atom. The van der Waals surface area contributed by atoms with Crippen LogP contribution in [0.2, 0.25) is 0 Å². The third-order valence-corrected chi connectivity index (χ3v) is 3.75. The maximum Gasteiger partial charge on any atom is 0.339 e. The number of methoxy groups -OCH3 is 1.